The average molecular weight is 294 g/mol. The summed E-state index contributed by atoms with van der Waals surface area (Å²) in [6, 6.07) is 7.74. The maximum Gasteiger partial charge on any atom is 0.246 e. The second-order valence-corrected chi connectivity index (χ2v) is 5.46. The summed E-state index contributed by atoms with van der Waals surface area (Å²) in [4.78, 5) is 14.1. The van der Waals surface area contributed by atoms with Crippen molar-refractivity contribution in [3.05, 3.63) is 40.9 Å². The van der Waals surface area contributed by atoms with Gasteiger partial charge in [0.05, 0.1) is 0 Å². The zero-order valence-corrected chi connectivity index (χ0v) is 12.2. The Bertz CT molecular complexity index is 487. The van der Waals surface area contributed by atoms with Crippen LogP contribution in [0.25, 0.3) is 6.08 Å². The number of benzene rings is 1. The molecule has 20 heavy (non-hydrogen) atoms. The van der Waals surface area contributed by atoms with Crippen molar-refractivity contribution in [3.8, 4) is 0 Å². The summed E-state index contributed by atoms with van der Waals surface area (Å²) in [6.45, 7) is 0.996. The molecule has 1 atom stereocenters. The molecular formula is C16H20ClNO2. The van der Waals surface area contributed by atoms with E-state index in [2.05, 4.69) is 0 Å². The van der Waals surface area contributed by atoms with Gasteiger partial charge in [-0.05, 0) is 43.4 Å². The highest BCUT2D eigenvalue weighted by Gasteiger charge is 2.26. The van der Waals surface area contributed by atoms with Crippen LogP contribution >= 0.6 is 11.6 Å². The molecule has 1 aromatic rings. The zero-order chi connectivity index (χ0) is 14.4. The molecule has 0 radical (unpaired) electrons. The Balaban J connectivity index is 1.99. The summed E-state index contributed by atoms with van der Waals surface area (Å²) in [7, 11) is 0. The summed E-state index contributed by atoms with van der Waals surface area (Å²) < 4.78 is 0. The lowest BCUT2D eigenvalue weighted by Gasteiger charge is -2.23. The van der Waals surface area contributed by atoms with E-state index in [-0.39, 0.29) is 18.6 Å². The van der Waals surface area contributed by atoms with E-state index in [4.69, 9.17) is 16.7 Å². The van der Waals surface area contributed by atoms with Crippen molar-refractivity contribution in [1.82, 2.24) is 4.90 Å². The number of halogens is 1. The van der Waals surface area contributed by atoms with E-state index in [9.17, 15) is 4.79 Å². The fourth-order valence-corrected chi connectivity index (χ4v) is 2.82. The number of aliphatic hydroxyl groups excluding tert-OH is 1. The Kier molecular flexibility index (Phi) is 5.62. The molecule has 0 aliphatic carbocycles. The second-order valence-electron chi connectivity index (χ2n) is 5.05. The average Bonchev–Trinajstić information content (AvgIpc) is 2.92. The number of hydrogen-bond acceptors (Lipinski definition) is 2. The minimum absolute atomic E-state index is 0.0327. The molecule has 1 saturated heterocycles. The lowest BCUT2D eigenvalue weighted by molar-refractivity contribution is -0.126. The Hall–Kier alpha value is -1.32. The smallest absolute Gasteiger partial charge is 0.246 e. The largest absolute Gasteiger partial charge is 0.396 e. The molecule has 0 bridgehead atoms. The first-order valence-corrected chi connectivity index (χ1v) is 7.44. The van der Waals surface area contributed by atoms with Gasteiger partial charge in [-0.25, -0.2) is 0 Å². The van der Waals surface area contributed by atoms with Crippen molar-refractivity contribution in [3.63, 3.8) is 0 Å². The van der Waals surface area contributed by atoms with Crippen LogP contribution in [0.1, 0.15) is 31.2 Å². The standard InChI is InChI=1S/C16H20ClNO2/c17-15-8-2-1-5-13(15)9-10-16(20)18-11-3-6-14(18)7-4-12-19/h1-2,5,8-10,14,19H,3-4,6-7,11-12H2. The third-order valence-corrected chi connectivity index (χ3v) is 4.01. The highest BCUT2D eigenvalue weighted by molar-refractivity contribution is 6.32. The third kappa shape index (κ3) is 3.84. The monoisotopic (exact) mass is 293 g/mol. The molecular weight excluding hydrogens is 274 g/mol. The fourth-order valence-electron chi connectivity index (χ4n) is 2.62. The van der Waals surface area contributed by atoms with Gasteiger partial charge >= 0.3 is 0 Å². The van der Waals surface area contributed by atoms with Crippen LogP contribution in [0.2, 0.25) is 5.02 Å². The van der Waals surface area contributed by atoms with Crippen molar-refractivity contribution < 1.29 is 9.90 Å². The molecule has 3 nitrogen and oxygen atoms in total. The van der Waals surface area contributed by atoms with Gasteiger partial charge in [0.15, 0.2) is 0 Å². The SMILES string of the molecule is O=C(C=Cc1ccccc1Cl)N1CCCC1CCCO. The van der Waals surface area contributed by atoms with E-state index in [1.165, 1.54) is 0 Å². The highest BCUT2D eigenvalue weighted by atomic mass is 35.5. The van der Waals surface area contributed by atoms with Crippen LogP contribution in [0.4, 0.5) is 0 Å². The van der Waals surface area contributed by atoms with Crippen LogP contribution < -0.4 is 0 Å². The molecule has 2 rings (SSSR count). The predicted octanol–water partition coefficient (Wildman–Crippen LogP) is 3.12. The molecule has 1 aliphatic heterocycles. The first-order valence-electron chi connectivity index (χ1n) is 7.06. The molecule has 1 aromatic carbocycles. The van der Waals surface area contributed by atoms with E-state index < -0.39 is 0 Å². The fraction of sp³-hybridized carbons (Fsp3) is 0.438. The number of nitrogens with zero attached hydrogens (tertiary/aromatic N) is 1. The van der Waals surface area contributed by atoms with Crippen LogP contribution in [0, 0.1) is 0 Å². The summed E-state index contributed by atoms with van der Waals surface area (Å²) in [6.07, 6.45) is 7.07. The Morgan fingerprint density at radius 2 is 2.25 bits per heavy atom. The Labute approximate surface area is 124 Å². The quantitative estimate of drug-likeness (QED) is 0.848. The van der Waals surface area contributed by atoms with Gasteiger partial charge < -0.3 is 10.0 Å². The van der Waals surface area contributed by atoms with Crippen molar-refractivity contribution in [2.45, 2.75) is 31.7 Å². The lowest BCUT2D eigenvalue weighted by atomic mass is 10.1. The van der Waals surface area contributed by atoms with Crippen LogP contribution in [-0.4, -0.2) is 35.1 Å². The molecule has 1 unspecified atom stereocenters. The van der Waals surface area contributed by atoms with Gasteiger partial charge in [-0.1, -0.05) is 29.8 Å². The molecule has 1 amide bonds. The van der Waals surface area contributed by atoms with E-state index in [0.717, 1.165) is 37.8 Å². The minimum Gasteiger partial charge on any atom is -0.396 e. The van der Waals surface area contributed by atoms with Gasteiger partial charge in [0.25, 0.3) is 0 Å². The molecule has 108 valence electrons. The molecule has 0 spiro atoms. The van der Waals surface area contributed by atoms with Crippen LogP contribution in [-0.2, 0) is 4.79 Å². The van der Waals surface area contributed by atoms with Gasteiger partial charge in [0.1, 0.15) is 0 Å². The molecule has 1 aliphatic rings. The topological polar surface area (TPSA) is 40.5 Å². The van der Waals surface area contributed by atoms with Gasteiger partial charge in [-0.15, -0.1) is 0 Å². The molecule has 1 heterocycles. The summed E-state index contributed by atoms with van der Waals surface area (Å²) in [5, 5.41) is 9.55. The van der Waals surface area contributed by atoms with E-state index in [1.54, 1.807) is 12.2 Å². The number of carbonyl (C=O) groups is 1. The minimum atomic E-state index is 0.0327. The van der Waals surface area contributed by atoms with Crippen molar-refractivity contribution >= 4 is 23.6 Å². The summed E-state index contributed by atoms with van der Waals surface area (Å²) >= 11 is 6.06. The van der Waals surface area contributed by atoms with Crippen molar-refractivity contribution in [2.24, 2.45) is 0 Å². The molecule has 0 aromatic heterocycles. The lowest BCUT2D eigenvalue weighted by Crippen LogP contribution is -2.34. The first-order chi connectivity index (χ1) is 9.72. The number of carbonyl (C=O) groups excluding carboxylic acids is 1. The Morgan fingerprint density at radius 1 is 1.45 bits per heavy atom. The Morgan fingerprint density at radius 3 is 3.00 bits per heavy atom. The number of aliphatic hydroxyl groups is 1. The third-order valence-electron chi connectivity index (χ3n) is 3.67. The first kappa shape index (κ1) is 15.1. The zero-order valence-electron chi connectivity index (χ0n) is 11.5. The van der Waals surface area contributed by atoms with Gasteiger partial charge in [-0.2, -0.15) is 0 Å². The molecule has 0 saturated carbocycles. The summed E-state index contributed by atoms with van der Waals surface area (Å²) in [5.41, 5.74) is 0.855. The van der Waals surface area contributed by atoms with E-state index in [1.807, 2.05) is 29.2 Å². The second kappa shape index (κ2) is 7.46. The maximum atomic E-state index is 12.2. The van der Waals surface area contributed by atoms with Gasteiger partial charge in [-0.3, -0.25) is 4.79 Å². The summed E-state index contributed by atoms with van der Waals surface area (Å²) in [5.74, 6) is 0.0327. The van der Waals surface area contributed by atoms with Gasteiger partial charge in [0.2, 0.25) is 5.91 Å². The maximum absolute atomic E-state index is 12.2. The van der Waals surface area contributed by atoms with Gasteiger partial charge in [0, 0.05) is 30.3 Å². The normalized spacial score (nSPS) is 18.9. The molecule has 1 N–H and O–H groups in total. The predicted molar refractivity (Wildman–Crippen MR) is 81.5 cm³/mol. The number of likely N-dealkylation sites (tertiary alicyclic amines) is 1. The van der Waals surface area contributed by atoms with Crippen LogP contribution in [0.15, 0.2) is 30.3 Å². The van der Waals surface area contributed by atoms with Crippen LogP contribution in [0.5, 0.6) is 0 Å². The number of amides is 1. The number of rotatable bonds is 5. The van der Waals surface area contributed by atoms with Crippen molar-refractivity contribution in [1.29, 1.82) is 0 Å². The van der Waals surface area contributed by atoms with Crippen LogP contribution in [0.3, 0.4) is 0 Å². The highest BCUT2D eigenvalue weighted by Crippen LogP contribution is 2.22. The van der Waals surface area contributed by atoms with E-state index >= 15 is 0 Å². The molecule has 1 fully saturated rings. The molecule has 4 heteroatoms. The van der Waals surface area contributed by atoms with E-state index in [0.29, 0.717) is 5.02 Å². The number of hydrogen-bond donors (Lipinski definition) is 1. The van der Waals surface area contributed by atoms with Crippen molar-refractivity contribution in [2.75, 3.05) is 13.2 Å².